The van der Waals surface area contributed by atoms with Crippen LogP contribution in [0.3, 0.4) is 0 Å². The van der Waals surface area contributed by atoms with E-state index in [9.17, 15) is 24.9 Å². The number of benzene rings is 1. The first-order chi connectivity index (χ1) is 25.3. The molecule has 304 valence electrons. The number of epoxide rings is 1. The number of esters is 2. The van der Waals surface area contributed by atoms with E-state index in [0.717, 1.165) is 12.0 Å². The van der Waals surface area contributed by atoms with Crippen LogP contribution >= 0.6 is 23.2 Å². The number of hydrogen-bond donors (Lipinski definition) is 5. The topological polar surface area (TPSA) is 184 Å². The van der Waals surface area contributed by atoms with Gasteiger partial charge in [0.2, 0.25) is 0 Å². The van der Waals surface area contributed by atoms with E-state index in [1.165, 1.54) is 13.8 Å². The number of carboxylic acid groups (broad SMARTS) is 1. The number of ether oxygens (including phenoxy) is 4. The minimum Gasteiger partial charge on any atom is -0.483 e. The summed E-state index contributed by atoms with van der Waals surface area (Å²) in [5, 5.41) is 45.1. The molecule has 0 saturated carbocycles. The van der Waals surface area contributed by atoms with Gasteiger partial charge in [0.25, 0.3) is 6.47 Å². The normalized spacial score (nSPS) is 29.9. The Morgan fingerprint density at radius 3 is 2.48 bits per heavy atom. The van der Waals surface area contributed by atoms with Crippen molar-refractivity contribution in [1.29, 1.82) is 0 Å². The summed E-state index contributed by atoms with van der Waals surface area (Å²) >= 11 is 12.5. The first kappa shape index (κ1) is 47.3. The Kier molecular flexibility index (Phi) is 19.3. The van der Waals surface area contributed by atoms with Crippen LogP contribution in [-0.4, -0.2) is 106 Å². The summed E-state index contributed by atoms with van der Waals surface area (Å²) in [7, 11) is 1.70. The first-order valence-corrected chi connectivity index (χ1v) is 19.0. The molecule has 2 heterocycles. The van der Waals surface area contributed by atoms with Crippen molar-refractivity contribution in [2.45, 2.75) is 134 Å². The second-order valence-corrected chi connectivity index (χ2v) is 15.4. The van der Waals surface area contributed by atoms with Crippen LogP contribution in [0.5, 0.6) is 0 Å². The number of aliphatic hydroxyl groups excluding tert-OH is 1. The van der Waals surface area contributed by atoms with Crippen molar-refractivity contribution in [2.24, 2.45) is 11.8 Å². The summed E-state index contributed by atoms with van der Waals surface area (Å²) in [5.74, 6) is -1.42. The van der Waals surface area contributed by atoms with Crippen molar-refractivity contribution >= 4 is 41.6 Å². The number of carbonyl (C=O) groups excluding carboxylic acids is 2. The molecule has 12 nitrogen and oxygen atoms in total. The lowest BCUT2D eigenvalue weighted by molar-refractivity contribution is -0.157. The molecule has 0 bridgehead atoms. The molecule has 2 aliphatic rings. The highest BCUT2D eigenvalue weighted by atomic mass is 35.5. The molecular formula is C40H59Cl2NO11. The molecular weight excluding hydrogens is 741 g/mol. The molecule has 54 heavy (non-hydrogen) atoms. The molecule has 0 aliphatic carbocycles. The number of carbonyl (C=O) groups is 3. The average molecular weight is 801 g/mol. The van der Waals surface area contributed by atoms with Gasteiger partial charge in [0, 0.05) is 35.9 Å². The number of allylic oxidation sites excluding steroid dienone is 2. The summed E-state index contributed by atoms with van der Waals surface area (Å²) in [6.07, 6.45) is 6.81. The molecule has 0 amide bonds. The predicted molar refractivity (Wildman–Crippen MR) is 207 cm³/mol. The van der Waals surface area contributed by atoms with E-state index in [2.05, 4.69) is 19.2 Å². The fourth-order valence-electron chi connectivity index (χ4n) is 6.76. The summed E-state index contributed by atoms with van der Waals surface area (Å²) < 4.78 is 23.2. The molecule has 3 unspecified atom stereocenters. The quantitative estimate of drug-likeness (QED) is 0.0517. The molecule has 1 aromatic carbocycles. The van der Waals surface area contributed by atoms with Crippen molar-refractivity contribution in [1.82, 2.24) is 5.32 Å². The second kappa shape index (κ2) is 22.1. The smallest absolute Gasteiger partial charge is 0.309 e. The van der Waals surface area contributed by atoms with Crippen molar-refractivity contribution < 1.29 is 53.8 Å². The van der Waals surface area contributed by atoms with Crippen molar-refractivity contribution in [2.75, 3.05) is 13.7 Å². The van der Waals surface area contributed by atoms with Crippen molar-refractivity contribution in [3.63, 3.8) is 0 Å². The van der Waals surface area contributed by atoms with E-state index < -0.39 is 53.4 Å². The monoisotopic (exact) mass is 799 g/mol. The number of halogens is 2. The Balaban J connectivity index is 0.00000325. The number of nitrogens with one attached hydrogen (secondary N) is 1. The maximum atomic E-state index is 12.9. The van der Waals surface area contributed by atoms with Crippen molar-refractivity contribution in [3.05, 3.63) is 69.8 Å². The van der Waals surface area contributed by atoms with Gasteiger partial charge >= 0.3 is 11.9 Å². The Morgan fingerprint density at radius 2 is 1.89 bits per heavy atom. The van der Waals surface area contributed by atoms with Crippen LogP contribution in [-0.2, 0) is 39.8 Å². The Morgan fingerprint density at radius 1 is 1.22 bits per heavy atom. The number of rotatable bonds is 14. The third-order valence-electron chi connectivity index (χ3n) is 9.96. The van der Waals surface area contributed by atoms with E-state index in [0.29, 0.717) is 28.6 Å². The summed E-state index contributed by atoms with van der Waals surface area (Å²) in [5.41, 5.74) is -1.22. The minimum absolute atomic E-state index is 0.0147. The highest BCUT2D eigenvalue weighted by molar-refractivity contribution is 6.35. The van der Waals surface area contributed by atoms with E-state index in [-0.39, 0.29) is 50.0 Å². The van der Waals surface area contributed by atoms with Crippen LogP contribution in [0.1, 0.15) is 79.7 Å². The average Bonchev–Trinajstić information content (AvgIpc) is 3.87. The zero-order valence-corrected chi connectivity index (χ0v) is 34.0. The molecule has 0 spiro atoms. The minimum atomic E-state index is -1.46. The molecule has 14 heteroatoms. The fourth-order valence-corrected chi connectivity index (χ4v) is 7.26. The largest absolute Gasteiger partial charge is 0.483 e. The number of methoxy groups -OCH3 is 1. The molecule has 5 N–H and O–H groups in total. The Labute approximate surface area is 329 Å². The predicted octanol–water partition coefficient (Wildman–Crippen LogP) is 5.61. The molecule has 1 saturated heterocycles. The van der Waals surface area contributed by atoms with Crippen LogP contribution in [0.15, 0.2) is 54.2 Å². The molecule has 3 rings (SSSR count). The lowest BCUT2D eigenvalue weighted by Gasteiger charge is -2.32. The van der Waals surface area contributed by atoms with E-state index in [1.54, 1.807) is 56.5 Å². The van der Waals surface area contributed by atoms with Crippen LogP contribution < -0.4 is 5.32 Å². The zero-order chi connectivity index (χ0) is 40.8. The van der Waals surface area contributed by atoms with Crippen LogP contribution in [0.2, 0.25) is 10.0 Å². The van der Waals surface area contributed by atoms with Crippen LogP contribution in [0.4, 0.5) is 0 Å². The van der Waals surface area contributed by atoms with Gasteiger partial charge in [-0.3, -0.25) is 14.4 Å². The molecule has 0 aromatic heterocycles. The van der Waals surface area contributed by atoms with Gasteiger partial charge in [-0.1, -0.05) is 74.3 Å². The maximum absolute atomic E-state index is 12.9. The van der Waals surface area contributed by atoms with Gasteiger partial charge < -0.3 is 44.7 Å². The Hall–Kier alpha value is -2.81. The first-order valence-electron chi connectivity index (χ1n) is 18.3. The molecule has 1 fully saturated rings. The third-order valence-corrected chi connectivity index (χ3v) is 10.5. The standard InChI is InChI=1S/C39H57Cl2NO9.CH2O2/c1-9-31(48-8)25(4)35-36(51-35)37(42-20-17-27-13-14-28(40)21-30(27)41)39(7,47)18-10-11-23(2)34-24(3)12-15-32(49-26(5)43)38(6,46)19-16-29(44)22-33(45)50-34;2-1-3/h10-15,18,21,24-25,29,31-32,34-37,42,44,46-47H,9,16-17,19-20,22H2,1-8H3;1H,(H,2,3)/b15-12+,18-10+,23-11+;/t24-,25+,29+,31-,32-,34?,35+,36-,37?,38+,39?;/m0./s1. The summed E-state index contributed by atoms with van der Waals surface area (Å²) in [6, 6.07) is 4.91. The van der Waals surface area contributed by atoms with Gasteiger partial charge in [-0.2, -0.15) is 0 Å². The second-order valence-electron chi connectivity index (χ2n) is 14.6. The van der Waals surface area contributed by atoms with E-state index in [1.807, 2.05) is 19.9 Å². The van der Waals surface area contributed by atoms with Crippen LogP contribution in [0, 0.1) is 11.8 Å². The SMILES string of the molecule is CC[C@H](OC)[C@@H](C)[C@H]1O[C@@H]1C(NCCc1ccc(Cl)cc1Cl)C(C)(O)/C=C/C=C(\C)C1OC(=O)C[C@H](O)CC[C@@](C)(O)[C@@H](OC(C)=O)/C=C/[C@@H]1C.O=CO. The van der Waals surface area contributed by atoms with Gasteiger partial charge in [0.1, 0.15) is 23.9 Å². The lowest BCUT2D eigenvalue weighted by Crippen LogP contribution is -2.52. The maximum Gasteiger partial charge on any atom is 0.309 e. The van der Waals surface area contributed by atoms with Gasteiger partial charge in [-0.25, -0.2) is 0 Å². The van der Waals surface area contributed by atoms with E-state index >= 15 is 0 Å². The number of cyclic esters (lactones) is 1. The van der Waals surface area contributed by atoms with Gasteiger partial charge in [-0.15, -0.1) is 0 Å². The number of hydrogen-bond acceptors (Lipinski definition) is 11. The third kappa shape index (κ3) is 14.7. The van der Waals surface area contributed by atoms with Gasteiger partial charge in [0.05, 0.1) is 36.4 Å². The van der Waals surface area contributed by atoms with Gasteiger partial charge in [-0.05, 0) is 82.3 Å². The summed E-state index contributed by atoms with van der Waals surface area (Å²) in [6.45, 7) is 12.6. The summed E-state index contributed by atoms with van der Waals surface area (Å²) in [4.78, 5) is 33.1. The van der Waals surface area contributed by atoms with Crippen LogP contribution in [0.25, 0.3) is 0 Å². The van der Waals surface area contributed by atoms with Gasteiger partial charge in [0.15, 0.2) is 0 Å². The van der Waals surface area contributed by atoms with Crippen molar-refractivity contribution in [3.8, 4) is 0 Å². The molecule has 1 aromatic rings. The lowest BCUT2D eigenvalue weighted by atomic mass is 9.87. The molecule has 11 atom stereocenters. The number of aliphatic hydroxyl groups is 3. The highest BCUT2D eigenvalue weighted by Crippen LogP contribution is 2.39. The Bertz CT molecular complexity index is 1460. The highest BCUT2D eigenvalue weighted by Gasteiger charge is 2.54. The zero-order valence-electron chi connectivity index (χ0n) is 32.5. The molecule has 0 radical (unpaired) electrons. The molecule has 2 aliphatic heterocycles. The fraction of sp³-hybridized carbons (Fsp3) is 0.625. The van der Waals surface area contributed by atoms with E-state index in [4.69, 9.17) is 52.1 Å².